The van der Waals surface area contributed by atoms with Crippen molar-refractivity contribution in [1.29, 1.82) is 0 Å². The average Bonchev–Trinajstić information content (AvgIpc) is 2.16. The zero-order chi connectivity index (χ0) is 13.3. The van der Waals surface area contributed by atoms with Crippen LogP contribution in [0.3, 0.4) is 0 Å². The Morgan fingerprint density at radius 2 is 1.37 bits per heavy atom. The van der Waals surface area contributed by atoms with Crippen molar-refractivity contribution in [2.75, 3.05) is 0 Å². The molecule has 1 rings (SSSR count). The molecule has 0 saturated heterocycles. The molecule has 0 aliphatic rings. The Bertz CT molecular complexity index is 435. The monoisotopic (exact) mass is 300 g/mol. The Balaban J connectivity index is -0.000000361. The molecular formula is C13H18KNaO4. The van der Waals surface area contributed by atoms with Crippen molar-refractivity contribution in [2.24, 2.45) is 5.41 Å². The maximum Gasteiger partial charge on any atom is 1.00 e. The van der Waals surface area contributed by atoms with E-state index in [1.165, 1.54) is 12.1 Å². The third-order valence-corrected chi connectivity index (χ3v) is 2.97. The minimum atomic E-state index is -1.94. The molecule has 4 nitrogen and oxygen atoms in total. The molecule has 0 fully saturated rings. The fraction of sp³-hybridized carbons (Fsp3) is 0.385. The van der Waals surface area contributed by atoms with Crippen LogP contribution in [-0.2, 0) is 15.0 Å². The Labute approximate surface area is 180 Å². The third-order valence-electron chi connectivity index (χ3n) is 2.97. The Morgan fingerprint density at radius 3 is 1.63 bits per heavy atom. The average molecular weight is 300 g/mol. The Hall–Kier alpha value is 0.796. The van der Waals surface area contributed by atoms with Gasteiger partial charge in [-0.15, -0.1) is 0 Å². The van der Waals surface area contributed by atoms with Crippen LogP contribution in [0.4, 0.5) is 0 Å². The van der Waals surface area contributed by atoms with Gasteiger partial charge in [-0.3, -0.25) is 9.59 Å². The summed E-state index contributed by atoms with van der Waals surface area (Å²) in [4.78, 5) is 23.1. The van der Waals surface area contributed by atoms with E-state index in [-0.39, 0.29) is 89.4 Å². The molecule has 96 valence electrons. The van der Waals surface area contributed by atoms with E-state index in [0.29, 0.717) is 0 Å². The molecule has 0 aliphatic carbocycles. The number of carboxylic acid groups (broad SMARTS) is 2. The second kappa shape index (κ2) is 8.29. The first-order chi connectivity index (χ1) is 7.74. The maximum absolute atomic E-state index is 11.5. The number of hydrogen-bond donors (Lipinski definition) is 2. The quantitative estimate of drug-likeness (QED) is 0.446. The zero-order valence-electron chi connectivity index (χ0n) is 14.1. The zero-order valence-corrected chi connectivity index (χ0v) is 17.2. The van der Waals surface area contributed by atoms with Crippen molar-refractivity contribution >= 4 is 11.9 Å². The topological polar surface area (TPSA) is 74.6 Å². The van der Waals surface area contributed by atoms with Crippen LogP contribution in [0.1, 0.15) is 29.2 Å². The van der Waals surface area contributed by atoms with E-state index in [0.717, 1.165) is 0 Å². The molecule has 6 heteroatoms. The summed E-state index contributed by atoms with van der Waals surface area (Å²) in [6.45, 7) is 4.84. The molecule has 0 bridgehead atoms. The van der Waals surface area contributed by atoms with Crippen molar-refractivity contribution < 1.29 is 104 Å². The Kier molecular flexibility index (Phi) is 9.64. The van der Waals surface area contributed by atoms with E-state index < -0.39 is 22.8 Å². The summed E-state index contributed by atoms with van der Waals surface area (Å²) in [6, 6.07) is 8.07. The van der Waals surface area contributed by atoms with Crippen LogP contribution in [0.15, 0.2) is 30.3 Å². The standard InChI is InChI=1S/C13H16O4.K.Na.2H/c1-12(2,3)13(10(14)15,11(16)17)9-7-5-4-6-8-9;;;;/h4-8H,1-3H3,(H,14,15)(H,16,17);;;;/q;2*+1;2*-1. The van der Waals surface area contributed by atoms with Crippen LogP contribution in [0.5, 0.6) is 0 Å². The first kappa shape index (κ1) is 22.1. The largest absolute Gasteiger partial charge is 1.00 e. The SMILES string of the molecule is CC(C)(C)C(C(=O)O)(C(=O)O)c1ccccc1.[H-].[H-].[K+].[Na+]. The number of rotatable bonds is 3. The van der Waals surface area contributed by atoms with Crippen LogP contribution in [0.25, 0.3) is 0 Å². The van der Waals surface area contributed by atoms with Crippen molar-refractivity contribution in [3.8, 4) is 0 Å². The molecule has 0 heterocycles. The maximum atomic E-state index is 11.5. The summed E-state index contributed by atoms with van der Waals surface area (Å²) in [5.41, 5.74) is -2.59. The van der Waals surface area contributed by atoms with Gasteiger partial charge in [-0.25, -0.2) is 0 Å². The molecule has 0 unspecified atom stereocenters. The molecule has 0 atom stereocenters. The van der Waals surface area contributed by atoms with E-state index in [1.807, 2.05) is 0 Å². The van der Waals surface area contributed by atoms with Gasteiger partial charge in [0.05, 0.1) is 0 Å². The molecule has 0 aromatic heterocycles. The minimum absolute atomic E-state index is 0. The van der Waals surface area contributed by atoms with Crippen LogP contribution in [-0.4, -0.2) is 22.2 Å². The molecule has 0 amide bonds. The van der Waals surface area contributed by atoms with Crippen LogP contribution < -0.4 is 80.9 Å². The van der Waals surface area contributed by atoms with Crippen molar-refractivity contribution in [1.82, 2.24) is 0 Å². The molecule has 1 aromatic rings. The molecule has 2 N–H and O–H groups in total. The van der Waals surface area contributed by atoms with E-state index in [4.69, 9.17) is 0 Å². The van der Waals surface area contributed by atoms with Crippen molar-refractivity contribution in [2.45, 2.75) is 26.2 Å². The number of aliphatic carboxylic acids is 2. The summed E-state index contributed by atoms with van der Waals surface area (Å²) in [7, 11) is 0. The number of carbonyl (C=O) groups is 2. The summed E-state index contributed by atoms with van der Waals surface area (Å²) < 4.78 is 0. The molecule has 1 aromatic carbocycles. The molecule has 0 spiro atoms. The van der Waals surface area contributed by atoms with Gasteiger partial charge in [-0.05, 0) is 11.0 Å². The van der Waals surface area contributed by atoms with Gasteiger partial charge < -0.3 is 13.1 Å². The van der Waals surface area contributed by atoms with E-state index in [1.54, 1.807) is 39.0 Å². The minimum Gasteiger partial charge on any atom is -1.00 e. The van der Waals surface area contributed by atoms with Crippen molar-refractivity contribution in [3.05, 3.63) is 35.9 Å². The van der Waals surface area contributed by atoms with Gasteiger partial charge >= 0.3 is 92.9 Å². The summed E-state index contributed by atoms with van der Waals surface area (Å²) >= 11 is 0. The second-order valence-corrected chi connectivity index (χ2v) is 4.98. The fourth-order valence-electron chi connectivity index (χ4n) is 2.10. The Morgan fingerprint density at radius 1 is 1.00 bits per heavy atom. The van der Waals surface area contributed by atoms with Crippen LogP contribution in [0.2, 0.25) is 0 Å². The number of hydrogen-bond acceptors (Lipinski definition) is 2. The molecule has 0 aliphatic heterocycles. The van der Waals surface area contributed by atoms with Gasteiger partial charge in [0.2, 0.25) is 0 Å². The van der Waals surface area contributed by atoms with Crippen LogP contribution in [0, 0.1) is 5.41 Å². The molecular weight excluding hydrogens is 282 g/mol. The van der Waals surface area contributed by atoms with Gasteiger partial charge in [0, 0.05) is 0 Å². The summed E-state index contributed by atoms with van der Waals surface area (Å²) in [5.74, 6) is -2.69. The predicted molar refractivity (Wildman–Crippen MR) is 65.1 cm³/mol. The summed E-state index contributed by atoms with van der Waals surface area (Å²) in [6.07, 6.45) is 0. The van der Waals surface area contributed by atoms with E-state index in [9.17, 15) is 19.8 Å². The normalized spacial score (nSPS) is 10.9. The molecule has 0 radical (unpaired) electrons. The molecule has 0 saturated carbocycles. The van der Waals surface area contributed by atoms with Gasteiger partial charge in [0.15, 0.2) is 5.41 Å². The fourth-order valence-corrected chi connectivity index (χ4v) is 2.10. The van der Waals surface area contributed by atoms with Crippen LogP contribution >= 0.6 is 0 Å². The second-order valence-electron chi connectivity index (χ2n) is 4.98. The van der Waals surface area contributed by atoms with E-state index >= 15 is 0 Å². The van der Waals surface area contributed by atoms with Gasteiger partial charge in [0.1, 0.15) is 0 Å². The number of benzene rings is 1. The predicted octanol–water partition coefficient (Wildman–Crippen LogP) is -3.63. The summed E-state index contributed by atoms with van der Waals surface area (Å²) in [5, 5.41) is 18.8. The first-order valence-electron chi connectivity index (χ1n) is 5.27. The van der Waals surface area contributed by atoms with Gasteiger partial charge in [0.25, 0.3) is 0 Å². The van der Waals surface area contributed by atoms with Gasteiger partial charge in [-0.1, -0.05) is 51.1 Å². The van der Waals surface area contributed by atoms with E-state index in [2.05, 4.69) is 0 Å². The number of carboxylic acids is 2. The van der Waals surface area contributed by atoms with Gasteiger partial charge in [-0.2, -0.15) is 0 Å². The smallest absolute Gasteiger partial charge is 1.00 e. The van der Waals surface area contributed by atoms with Crippen molar-refractivity contribution in [3.63, 3.8) is 0 Å². The molecule has 19 heavy (non-hydrogen) atoms. The third kappa shape index (κ3) is 4.14. The first-order valence-corrected chi connectivity index (χ1v) is 5.27.